The molecule has 4 rings (SSSR count). The molecule has 3 N–H and O–H groups in total. The van der Waals surface area contributed by atoms with Crippen LogP contribution >= 0.6 is 0 Å². The predicted octanol–water partition coefficient (Wildman–Crippen LogP) is 3.69. The average molecular weight is 572 g/mol. The topological polar surface area (TPSA) is 160 Å². The van der Waals surface area contributed by atoms with E-state index in [0.717, 1.165) is 11.4 Å². The number of azo groups is 1. The number of benzene rings is 2. The molecule has 2 heterocycles. The van der Waals surface area contributed by atoms with Crippen LogP contribution in [0.2, 0.25) is 0 Å². The van der Waals surface area contributed by atoms with E-state index in [2.05, 4.69) is 15.1 Å². The van der Waals surface area contributed by atoms with Crippen molar-refractivity contribution in [2.45, 2.75) is 76.0 Å². The summed E-state index contributed by atoms with van der Waals surface area (Å²) >= 11 is 0. The standard InChI is InChI=1S/C29H37N3O9/c1-4-32(21-12-10-20(11-13-21)31-30-19-8-6-5-7-9-19)17-16-29-27(40-28(2,3)41-29)26(25(39-29)22(34)18-33)38-24(37)15-14-23(35)36/h5-13,22,25-27,33-34H,4,14-18H2,1-3H3,(H,35,36)/t22-,25-,26+,27-,29?/m1/s1. The lowest BCUT2D eigenvalue weighted by Crippen LogP contribution is -2.45. The van der Waals surface area contributed by atoms with Gasteiger partial charge in [-0.05, 0) is 57.2 Å². The maximum absolute atomic E-state index is 12.5. The lowest BCUT2D eigenvalue weighted by Gasteiger charge is -2.32. The molecule has 1 unspecified atom stereocenters. The molecule has 0 bridgehead atoms. The fourth-order valence-corrected chi connectivity index (χ4v) is 5.07. The Bertz CT molecular complexity index is 1210. The number of hydrogen-bond acceptors (Lipinski definition) is 11. The minimum absolute atomic E-state index is 0.280. The maximum atomic E-state index is 12.5. The molecule has 2 aromatic carbocycles. The number of fused-ring (bicyclic) bond motifs is 1. The van der Waals surface area contributed by atoms with Gasteiger partial charge in [0.2, 0.25) is 5.79 Å². The van der Waals surface area contributed by atoms with Gasteiger partial charge < -0.3 is 39.2 Å². The average Bonchev–Trinajstić information content (AvgIpc) is 3.38. The third-order valence-electron chi connectivity index (χ3n) is 6.96. The van der Waals surface area contributed by atoms with Gasteiger partial charge in [0.15, 0.2) is 18.0 Å². The largest absolute Gasteiger partial charge is 0.481 e. The van der Waals surface area contributed by atoms with Crippen molar-refractivity contribution in [1.29, 1.82) is 0 Å². The molecular formula is C29H37N3O9. The number of anilines is 1. The summed E-state index contributed by atoms with van der Waals surface area (Å²) < 4.78 is 24.2. The number of esters is 1. The first kappa shape index (κ1) is 30.5. The molecule has 2 fully saturated rings. The van der Waals surface area contributed by atoms with Gasteiger partial charge in [0.1, 0.15) is 12.2 Å². The van der Waals surface area contributed by atoms with Gasteiger partial charge in [0, 0.05) is 25.2 Å². The molecule has 0 aromatic heterocycles. The van der Waals surface area contributed by atoms with Gasteiger partial charge in [0.25, 0.3) is 0 Å². The van der Waals surface area contributed by atoms with E-state index in [-0.39, 0.29) is 12.8 Å². The number of aliphatic hydroxyl groups is 2. The van der Waals surface area contributed by atoms with Crippen molar-refractivity contribution in [2.24, 2.45) is 10.2 Å². The highest BCUT2D eigenvalue weighted by Crippen LogP contribution is 2.49. The smallest absolute Gasteiger partial charge is 0.306 e. The van der Waals surface area contributed by atoms with E-state index in [1.54, 1.807) is 13.8 Å². The van der Waals surface area contributed by atoms with Crippen molar-refractivity contribution in [3.8, 4) is 0 Å². The van der Waals surface area contributed by atoms with Gasteiger partial charge >= 0.3 is 11.9 Å². The Balaban J connectivity index is 1.49. The molecule has 0 amide bonds. The van der Waals surface area contributed by atoms with Crippen LogP contribution in [0.15, 0.2) is 64.8 Å². The normalized spacial score (nSPS) is 25.6. The van der Waals surface area contributed by atoms with Gasteiger partial charge in [-0.15, -0.1) is 0 Å². The summed E-state index contributed by atoms with van der Waals surface area (Å²) in [5, 5.41) is 37.6. The monoisotopic (exact) mass is 571 g/mol. The van der Waals surface area contributed by atoms with Crippen LogP contribution in [-0.2, 0) is 28.5 Å². The molecule has 222 valence electrons. The number of nitrogens with zero attached hydrogens (tertiary/aromatic N) is 3. The number of carboxylic acid groups (broad SMARTS) is 1. The summed E-state index contributed by atoms with van der Waals surface area (Å²) in [7, 11) is 0. The summed E-state index contributed by atoms with van der Waals surface area (Å²) in [6.07, 6.45) is -5.05. The van der Waals surface area contributed by atoms with Crippen LogP contribution in [0.25, 0.3) is 0 Å². The molecule has 5 atom stereocenters. The molecule has 0 spiro atoms. The van der Waals surface area contributed by atoms with E-state index in [0.29, 0.717) is 18.8 Å². The van der Waals surface area contributed by atoms with Gasteiger partial charge in [-0.2, -0.15) is 10.2 Å². The van der Waals surface area contributed by atoms with Gasteiger partial charge in [-0.3, -0.25) is 9.59 Å². The van der Waals surface area contributed by atoms with E-state index >= 15 is 0 Å². The zero-order chi connectivity index (χ0) is 29.6. The van der Waals surface area contributed by atoms with Crippen molar-refractivity contribution in [3.05, 3.63) is 54.6 Å². The second-order valence-electron chi connectivity index (χ2n) is 10.4. The van der Waals surface area contributed by atoms with E-state index in [9.17, 15) is 19.8 Å². The van der Waals surface area contributed by atoms with Crippen LogP contribution in [0.3, 0.4) is 0 Å². The van der Waals surface area contributed by atoms with E-state index in [1.165, 1.54) is 0 Å². The predicted molar refractivity (Wildman–Crippen MR) is 147 cm³/mol. The molecular weight excluding hydrogens is 534 g/mol. The number of rotatable bonds is 13. The first-order valence-corrected chi connectivity index (χ1v) is 13.6. The van der Waals surface area contributed by atoms with E-state index < -0.39 is 61.0 Å². The van der Waals surface area contributed by atoms with Crippen molar-refractivity contribution in [1.82, 2.24) is 0 Å². The molecule has 0 aliphatic carbocycles. The van der Waals surface area contributed by atoms with Gasteiger partial charge in [-0.25, -0.2) is 0 Å². The third-order valence-corrected chi connectivity index (χ3v) is 6.96. The Kier molecular flexibility index (Phi) is 9.72. The Hall–Kier alpha value is -3.42. The summed E-state index contributed by atoms with van der Waals surface area (Å²) in [6.45, 7) is 5.89. The van der Waals surface area contributed by atoms with Crippen molar-refractivity contribution >= 4 is 29.0 Å². The quantitative estimate of drug-likeness (QED) is 0.239. The van der Waals surface area contributed by atoms with Crippen LogP contribution in [-0.4, -0.2) is 82.9 Å². The SMILES string of the molecule is CCN(CCC12O[C@H]([C@H](O)CO)[C@H](OC(=O)CCC(=O)O)[C@H]1OC(C)(C)O2)c1ccc(N=Nc2ccccc2)cc1. The third kappa shape index (κ3) is 7.46. The summed E-state index contributed by atoms with van der Waals surface area (Å²) in [6, 6.07) is 17.1. The molecule has 0 saturated carbocycles. The van der Waals surface area contributed by atoms with Crippen molar-refractivity contribution in [3.63, 3.8) is 0 Å². The number of aliphatic hydroxyl groups excluding tert-OH is 2. The zero-order valence-electron chi connectivity index (χ0n) is 23.4. The van der Waals surface area contributed by atoms with Crippen LogP contribution < -0.4 is 4.90 Å². The van der Waals surface area contributed by atoms with Crippen molar-refractivity contribution in [2.75, 3.05) is 24.6 Å². The first-order chi connectivity index (χ1) is 19.6. The Morgan fingerprint density at radius 2 is 1.68 bits per heavy atom. The Morgan fingerprint density at radius 1 is 1.02 bits per heavy atom. The van der Waals surface area contributed by atoms with Crippen molar-refractivity contribution < 1.29 is 43.9 Å². The lowest BCUT2D eigenvalue weighted by atomic mass is 9.99. The number of aliphatic carboxylic acids is 1. The second-order valence-corrected chi connectivity index (χ2v) is 10.4. The minimum atomic E-state index is -1.39. The first-order valence-electron chi connectivity index (χ1n) is 13.6. The van der Waals surface area contributed by atoms with Gasteiger partial charge in [-0.1, -0.05) is 18.2 Å². The van der Waals surface area contributed by atoms with E-state index in [1.807, 2.05) is 61.5 Å². The highest BCUT2D eigenvalue weighted by molar-refractivity contribution is 5.76. The van der Waals surface area contributed by atoms with Gasteiger partial charge in [0.05, 0.1) is 30.8 Å². The zero-order valence-corrected chi connectivity index (χ0v) is 23.4. The van der Waals surface area contributed by atoms with Crippen LogP contribution in [0, 0.1) is 0 Å². The highest BCUT2D eigenvalue weighted by atomic mass is 16.9. The van der Waals surface area contributed by atoms with Crippen LogP contribution in [0.5, 0.6) is 0 Å². The molecule has 2 aromatic rings. The molecule has 41 heavy (non-hydrogen) atoms. The van der Waals surface area contributed by atoms with E-state index in [4.69, 9.17) is 24.1 Å². The Morgan fingerprint density at radius 3 is 2.29 bits per heavy atom. The Labute approximate surface area is 238 Å². The van der Waals surface area contributed by atoms with Crippen LogP contribution in [0.4, 0.5) is 17.1 Å². The number of hydrogen-bond donors (Lipinski definition) is 3. The maximum Gasteiger partial charge on any atom is 0.306 e. The number of carbonyl (C=O) groups is 2. The summed E-state index contributed by atoms with van der Waals surface area (Å²) in [5.41, 5.74) is 2.39. The fourth-order valence-electron chi connectivity index (χ4n) is 5.07. The molecule has 12 nitrogen and oxygen atoms in total. The molecule has 2 saturated heterocycles. The molecule has 12 heteroatoms. The summed E-state index contributed by atoms with van der Waals surface area (Å²) in [4.78, 5) is 25.5. The molecule has 2 aliphatic heterocycles. The van der Waals surface area contributed by atoms with Crippen LogP contribution in [0.1, 0.15) is 40.0 Å². The number of ether oxygens (including phenoxy) is 4. The molecule has 2 aliphatic rings. The molecule has 0 radical (unpaired) electrons. The second kappa shape index (κ2) is 13.0. The highest BCUT2D eigenvalue weighted by Gasteiger charge is 2.67. The number of carboxylic acids is 1. The minimum Gasteiger partial charge on any atom is -0.481 e. The lowest BCUT2D eigenvalue weighted by molar-refractivity contribution is -0.275. The number of carbonyl (C=O) groups excluding carboxylic acids is 1. The fraction of sp³-hybridized carbons (Fsp3) is 0.517. The summed E-state index contributed by atoms with van der Waals surface area (Å²) in [5.74, 6) is -4.40.